The topological polar surface area (TPSA) is 20.3 Å². The molecule has 18 heavy (non-hydrogen) atoms. The van der Waals surface area contributed by atoms with Gasteiger partial charge in [0.1, 0.15) is 0 Å². The van der Waals surface area contributed by atoms with E-state index in [4.69, 9.17) is 11.6 Å². The second-order valence-corrected chi connectivity index (χ2v) is 5.84. The van der Waals surface area contributed by atoms with Gasteiger partial charge in [0.05, 0.1) is 4.88 Å². The van der Waals surface area contributed by atoms with Crippen LogP contribution in [0.4, 0.5) is 0 Å². The van der Waals surface area contributed by atoms with E-state index in [1.165, 1.54) is 0 Å². The van der Waals surface area contributed by atoms with Gasteiger partial charge in [0.2, 0.25) is 0 Å². The summed E-state index contributed by atoms with van der Waals surface area (Å²) in [6.45, 7) is 1.79. The molecule has 1 amide bonds. The van der Waals surface area contributed by atoms with Gasteiger partial charge in [-0.15, -0.1) is 11.3 Å². The third kappa shape index (κ3) is 2.16. The molecule has 1 aliphatic heterocycles. The number of thiophene rings is 1. The standard InChI is InChI=1S/C14H12ClNOS/c15-11-4-2-10(3-5-11)12-6-7-13(18-12)14(17)16-8-1-9-16/h2-7H,1,8-9H2. The second kappa shape index (κ2) is 4.75. The summed E-state index contributed by atoms with van der Waals surface area (Å²) in [6.07, 6.45) is 1.13. The average molecular weight is 278 g/mol. The summed E-state index contributed by atoms with van der Waals surface area (Å²) < 4.78 is 0. The molecular formula is C14H12ClNOS. The van der Waals surface area contributed by atoms with Crippen LogP contribution in [0.15, 0.2) is 36.4 Å². The highest BCUT2D eigenvalue weighted by Crippen LogP contribution is 2.30. The summed E-state index contributed by atoms with van der Waals surface area (Å²) in [5.41, 5.74) is 1.10. The minimum atomic E-state index is 0.159. The summed E-state index contributed by atoms with van der Waals surface area (Å²) in [7, 11) is 0. The van der Waals surface area contributed by atoms with Gasteiger partial charge in [0, 0.05) is 23.0 Å². The largest absolute Gasteiger partial charge is 0.338 e. The van der Waals surface area contributed by atoms with Crippen LogP contribution in [0.5, 0.6) is 0 Å². The van der Waals surface area contributed by atoms with Gasteiger partial charge < -0.3 is 4.90 Å². The van der Waals surface area contributed by atoms with E-state index < -0.39 is 0 Å². The van der Waals surface area contributed by atoms with E-state index in [0.717, 1.165) is 39.9 Å². The number of rotatable bonds is 2. The van der Waals surface area contributed by atoms with Gasteiger partial charge in [0.25, 0.3) is 5.91 Å². The number of carbonyl (C=O) groups excluding carboxylic acids is 1. The Hall–Kier alpha value is -1.32. The van der Waals surface area contributed by atoms with Crippen molar-refractivity contribution in [3.05, 3.63) is 46.3 Å². The number of benzene rings is 1. The highest BCUT2D eigenvalue weighted by atomic mass is 35.5. The van der Waals surface area contributed by atoms with E-state index >= 15 is 0 Å². The molecule has 0 spiro atoms. The fraction of sp³-hybridized carbons (Fsp3) is 0.214. The maximum absolute atomic E-state index is 12.0. The molecule has 1 aliphatic rings. The molecule has 1 aromatic heterocycles. The van der Waals surface area contributed by atoms with Crippen LogP contribution in [0.2, 0.25) is 5.02 Å². The van der Waals surface area contributed by atoms with Crippen LogP contribution in [0.1, 0.15) is 16.1 Å². The molecule has 2 aromatic rings. The molecule has 0 aliphatic carbocycles. The van der Waals surface area contributed by atoms with Crippen molar-refractivity contribution in [2.45, 2.75) is 6.42 Å². The van der Waals surface area contributed by atoms with E-state index in [2.05, 4.69) is 0 Å². The van der Waals surface area contributed by atoms with Gasteiger partial charge >= 0.3 is 0 Å². The SMILES string of the molecule is O=C(c1ccc(-c2ccc(Cl)cc2)s1)N1CCC1. The Labute approximate surface area is 115 Å². The first-order valence-electron chi connectivity index (χ1n) is 5.89. The third-order valence-corrected chi connectivity index (χ3v) is 4.46. The van der Waals surface area contributed by atoms with Crippen molar-refractivity contribution in [3.63, 3.8) is 0 Å². The lowest BCUT2D eigenvalue weighted by Crippen LogP contribution is -2.41. The van der Waals surface area contributed by atoms with Crippen LogP contribution in [-0.4, -0.2) is 23.9 Å². The molecule has 0 unspecified atom stereocenters. The minimum absolute atomic E-state index is 0.159. The van der Waals surface area contributed by atoms with Crippen LogP contribution in [-0.2, 0) is 0 Å². The molecule has 1 aromatic carbocycles. The molecule has 0 saturated carbocycles. The number of likely N-dealkylation sites (tertiary alicyclic amines) is 1. The lowest BCUT2D eigenvalue weighted by Gasteiger charge is -2.30. The number of carbonyl (C=O) groups is 1. The predicted octanol–water partition coefficient (Wildman–Crippen LogP) is 3.91. The molecule has 3 rings (SSSR count). The van der Waals surface area contributed by atoms with Crippen LogP contribution in [0.25, 0.3) is 10.4 Å². The van der Waals surface area contributed by atoms with Gasteiger partial charge in [-0.1, -0.05) is 23.7 Å². The van der Waals surface area contributed by atoms with Crippen molar-refractivity contribution in [2.75, 3.05) is 13.1 Å². The van der Waals surface area contributed by atoms with Crippen LogP contribution >= 0.6 is 22.9 Å². The Kier molecular flexibility index (Phi) is 3.10. The fourth-order valence-corrected chi connectivity index (χ4v) is 3.00. The van der Waals surface area contributed by atoms with Crippen LogP contribution in [0.3, 0.4) is 0 Å². The number of hydrogen-bond donors (Lipinski definition) is 0. The Morgan fingerprint density at radius 3 is 2.44 bits per heavy atom. The van der Waals surface area contributed by atoms with E-state index in [0.29, 0.717) is 0 Å². The third-order valence-electron chi connectivity index (χ3n) is 3.09. The number of amides is 1. The molecule has 1 saturated heterocycles. The summed E-state index contributed by atoms with van der Waals surface area (Å²) in [4.78, 5) is 15.9. The van der Waals surface area contributed by atoms with E-state index in [-0.39, 0.29) is 5.91 Å². The quantitative estimate of drug-likeness (QED) is 0.815. The van der Waals surface area contributed by atoms with Gasteiger partial charge in [-0.2, -0.15) is 0 Å². The molecular weight excluding hydrogens is 266 g/mol. The zero-order valence-corrected chi connectivity index (χ0v) is 11.3. The number of halogens is 1. The first-order valence-corrected chi connectivity index (χ1v) is 7.08. The highest BCUT2D eigenvalue weighted by Gasteiger charge is 2.22. The Morgan fingerprint density at radius 2 is 1.83 bits per heavy atom. The van der Waals surface area contributed by atoms with Gasteiger partial charge in [-0.05, 0) is 36.2 Å². The average Bonchev–Trinajstić information content (AvgIpc) is 2.77. The Balaban J connectivity index is 1.84. The molecule has 0 atom stereocenters. The zero-order valence-electron chi connectivity index (χ0n) is 9.73. The first kappa shape index (κ1) is 11.8. The Morgan fingerprint density at radius 1 is 1.11 bits per heavy atom. The maximum Gasteiger partial charge on any atom is 0.263 e. The smallest absolute Gasteiger partial charge is 0.263 e. The van der Waals surface area contributed by atoms with Crippen molar-refractivity contribution >= 4 is 28.8 Å². The number of nitrogens with zero attached hydrogens (tertiary/aromatic N) is 1. The molecule has 1 fully saturated rings. The fourth-order valence-electron chi connectivity index (χ4n) is 1.90. The summed E-state index contributed by atoms with van der Waals surface area (Å²) in [5.74, 6) is 0.159. The summed E-state index contributed by atoms with van der Waals surface area (Å²) in [6, 6.07) is 11.6. The molecule has 92 valence electrons. The highest BCUT2D eigenvalue weighted by molar-refractivity contribution is 7.17. The van der Waals surface area contributed by atoms with Crippen molar-refractivity contribution in [1.29, 1.82) is 0 Å². The molecule has 2 nitrogen and oxygen atoms in total. The van der Waals surface area contributed by atoms with Crippen molar-refractivity contribution < 1.29 is 4.79 Å². The molecule has 0 N–H and O–H groups in total. The first-order chi connectivity index (χ1) is 8.74. The van der Waals surface area contributed by atoms with Gasteiger partial charge in [-0.25, -0.2) is 0 Å². The zero-order chi connectivity index (χ0) is 12.5. The predicted molar refractivity (Wildman–Crippen MR) is 75.3 cm³/mol. The van der Waals surface area contributed by atoms with Crippen molar-refractivity contribution in [2.24, 2.45) is 0 Å². The summed E-state index contributed by atoms with van der Waals surface area (Å²) >= 11 is 7.41. The van der Waals surface area contributed by atoms with Crippen LogP contribution in [0, 0.1) is 0 Å². The minimum Gasteiger partial charge on any atom is -0.338 e. The van der Waals surface area contributed by atoms with Gasteiger partial charge in [-0.3, -0.25) is 4.79 Å². The molecule has 0 bridgehead atoms. The van der Waals surface area contributed by atoms with E-state index in [1.807, 2.05) is 41.3 Å². The van der Waals surface area contributed by atoms with Crippen molar-refractivity contribution in [1.82, 2.24) is 4.90 Å². The molecule has 0 radical (unpaired) electrons. The van der Waals surface area contributed by atoms with E-state index in [9.17, 15) is 4.79 Å². The normalized spacial score (nSPS) is 14.4. The molecule has 4 heteroatoms. The monoisotopic (exact) mass is 277 g/mol. The van der Waals surface area contributed by atoms with Gasteiger partial charge in [0.15, 0.2) is 0 Å². The Bertz CT molecular complexity index is 572. The second-order valence-electron chi connectivity index (χ2n) is 4.32. The maximum atomic E-state index is 12.0. The van der Waals surface area contributed by atoms with E-state index in [1.54, 1.807) is 11.3 Å². The molecule has 2 heterocycles. The number of hydrogen-bond acceptors (Lipinski definition) is 2. The van der Waals surface area contributed by atoms with Crippen molar-refractivity contribution in [3.8, 4) is 10.4 Å². The summed E-state index contributed by atoms with van der Waals surface area (Å²) in [5, 5.41) is 0.729. The van der Waals surface area contributed by atoms with Crippen LogP contribution < -0.4 is 0 Å². The lowest BCUT2D eigenvalue weighted by molar-refractivity contribution is 0.0657. The lowest BCUT2D eigenvalue weighted by atomic mass is 10.2.